The number of carbonyl (C=O) groups excluding carboxylic acids is 1. The molecular weight excluding hydrogens is 186 g/mol. The first-order valence-electron chi connectivity index (χ1n) is 5.28. The zero-order chi connectivity index (χ0) is 11.5. The van der Waals surface area contributed by atoms with Crippen LogP contribution < -0.4 is 5.73 Å². The average Bonchev–Trinajstić information content (AvgIpc) is 2.14. The second-order valence-electron chi connectivity index (χ2n) is 5.07. The van der Waals surface area contributed by atoms with E-state index in [0.717, 1.165) is 6.42 Å². The molecule has 2 N–H and O–H groups in total. The van der Waals surface area contributed by atoms with Gasteiger partial charge in [-0.1, -0.05) is 32.9 Å². The number of nitrogen functional groups attached to an aromatic ring is 1. The van der Waals surface area contributed by atoms with Crippen molar-refractivity contribution in [1.82, 2.24) is 0 Å². The van der Waals surface area contributed by atoms with E-state index in [2.05, 4.69) is 20.8 Å². The summed E-state index contributed by atoms with van der Waals surface area (Å²) in [5.74, 6) is 0.142. The Bertz CT molecular complexity index is 350. The first kappa shape index (κ1) is 11.8. The van der Waals surface area contributed by atoms with Crippen molar-refractivity contribution in [2.24, 2.45) is 5.41 Å². The number of benzene rings is 1. The van der Waals surface area contributed by atoms with Crippen molar-refractivity contribution in [2.75, 3.05) is 5.73 Å². The molecule has 0 unspecified atom stereocenters. The number of nitrogens with two attached hydrogens (primary N) is 1. The lowest BCUT2D eigenvalue weighted by molar-refractivity contribution is 0.0967. The minimum atomic E-state index is 0.142. The lowest BCUT2D eigenvalue weighted by Crippen LogP contribution is -2.10. The van der Waals surface area contributed by atoms with Gasteiger partial charge in [-0.2, -0.15) is 0 Å². The molecule has 0 radical (unpaired) electrons. The highest BCUT2D eigenvalue weighted by Gasteiger charge is 2.15. The Labute approximate surface area is 91.5 Å². The fraction of sp³-hybridized carbons (Fsp3) is 0.462. The van der Waals surface area contributed by atoms with Crippen LogP contribution in [0, 0.1) is 5.41 Å². The van der Waals surface area contributed by atoms with Crippen molar-refractivity contribution < 1.29 is 4.79 Å². The van der Waals surface area contributed by atoms with Crippen LogP contribution in [0.25, 0.3) is 0 Å². The second-order valence-corrected chi connectivity index (χ2v) is 5.07. The van der Waals surface area contributed by atoms with Gasteiger partial charge in [0.2, 0.25) is 0 Å². The molecule has 1 aromatic carbocycles. The lowest BCUT2D eigenvalue weighted by Gasteiger charge is -2.17. The van der Waals surface area contributed by atoms with Crippen molar-refractivity contribution in [3.63, 3.8) is 0 Å². The number of hydrogen-bond acceptors (Lipinski definition) is 2. The molecule has 0 aromatic heterocycles. The molecule has 0 saturated carbocycles. The number of Topliss-reactive ketones (excluding diaryl/α,β-unsaturated/α-hetero) is 1. The summed E-state index contributed by atoms with van der Waals surface area (Å²) in [4.78, 5) is 11.8. The lowest BCUT2D eigenvalue weighted by atomic mass is 9.88. The van der Waals surface area contributed by atoms with Crippen LogP contribution in [0.1, 0.15) is 44.0 Å². The monoisotopic (exact) mass is 205 g/mol. The maximum absolute atomic E-state index is 11.8. The van der Waals surface area contributed by atoms with Gasteiger partial charge in [-0.05, 0) is 24.0 Å². The molecule has 0 atom stereocenters. The van der Waals surface area contributed by atoms with Gasteiger partial charge in [0.15, 0.2) is 5.78 Å². The Morgan fingerprint density at radius 1 is 1.27 bits per heavy atom. The fourth-order valence-electron chi connectivity index (χ4n) is 1.37. The minimum absolute atomic E-state index is 0.142. The average molecular weight is 205 g/mol. The number of para-hydroxylation sites is 1. The topological polar surface area (TPSA) is 43.1 Å². The Hall–Kier alpha value is -1.31. The van der Waals surface area contributed by atoms with E-state index in [4.69, 9.17) is 5.73 Å². The van der Waals surface area contributed by atoms with Gasteiger partial charge in [0.25, 0.3) is 0 Å². The maximum atomic E-state index is 11.8. The van der Waals surface area contributed by atoms with Crippen molar-refractivity contribution in [2.45, 2.75) is 33.6 Å². The largest absolute Gasteiger partial charge is 0.398 e. The zero-order valence-electron chi connectivity index (χ0n) is 9.71. The standard InChI is InChI=1S/C13H19NO/c1-13(2,3)9-8-12(15)10-6-4-5-7-11(10)14/h4-7H,8-9,14H2,1-3H3. The van der Waals surface area contributed by atoms with Crippen molar-refractivity contribution in [3.05, 3.63) is 29.8 Å². The quantitative estimate of drug-likeness (QED) is 0.608. The van der Waals surface area contributed by atoms with Gasteiger partial charge in [-0.15, -0.1) is 0 Å². The molecule has 0 aliphatic heterocycles. The summed E-state index contributed by atoms with van der Waals surface area (Å²) in [6.07, 6.45) is 1.46. The molecule has 82 valence electrons. The third-order valence-corrected chi connectivity index (χ3v) is 2.36. The van der Waals surface area contributed by atoms with Crippen LogP contribution in [0.2, 0.25) is 0 Å². The molecule has 0 amide bonds. The van der Waals surface area contributed by atoms with Gasteiger partial charge in [0.1, 0.15) is 0 Å². The van der Waals surface area contributed by atoms with Crippen LogP contribution >= 0.6 is 0 Å². The Morgan fingerprint density at radius 3 is 2.40 bits per heavy atom. The number of rotatable bonds is 3. The Morgan fingerprint density at radius 2 is 1.87 bits per heavy atom. The molecule has 0 saturated heterocycles. The van der Waals surface area contributed by atoms with E-state index in [1.165, 1.54) is 0 Å². The third-order valence-electron chi connectivity index (χ3n) is 2.36. The van der Waals surface area contributed by atoms with Gasteiger partial charge in [-0.3, -0.25) is 4.79 Å². The van der Waals surface area contributed by atoms with Crippen LogP contribution in [0.4, 0.5) is 5.69 Å². The van der Waals surface area contributed by atoms with Crippen LogP contribution in [-0.2, 0) is 0 Å². The Kier molecular flexibility index (Phi) is 3.51. The highest BCUT2D eigenvalue weighted by molar-refractivity contribution is 6.00. The highest BCUT2D eigenvalue weighted by Crippen LogP contribution is 2.23. The normalized spacial score (nSPS) is 11.4. The van der Waals surface area contributed by atoms with Crippen molar-refractivity contribution >= 4 is 11.5 Å². The third kappa shape index (κ3) is 3.74. The van der Waals surface area contributed by atoms with Crippen molar-refractivity contribution in [1.29, 1.82) is 0 Å². The summed E-state index contributed by atoms with van der Waals surface area (Å²) in [6.45, 7) is 6.40. The zero-order valence-corrected chi connectivity index (χ0v) is 9.71. The molecule has 0 aliphatic rings. The predicted octanol–water partition coefficient (Wildman–Crippen LogP) is 3.28. The van der Waals surface area contributed by atoms with Gasteiger partial charge >= 0.3 is 0 Å². The fourth-order valence-corrected chi connectivity index (χ4v) is 1.37. The molecule has 2 heteroatoms. The molecule has 1 rings (SSSR count). The smallest absolute Gasteiger partial charge is 0.164 e. The molecule has 0 spiro atoms. The highest BCUT2D eigenvalue weighted by atomic mass is 16.1. The van der Waals surface area contributed by atoms with E-state index in [-0.39, 0.29) is 11.2 Å². The van der Waals surface area contributed by atoms with Crippen LogP contribution in [-0.4, -0.2) is 5.78 Å². The first-order valence-corrected chi connectivity index (χ1v) is 5.28. The van der Waals surface area contributed by atoms with Gasteiger partial charge in [0.05, 0.1) is 0 Å². The van der Waals surface area contributed by atoms with E-state index in [1.54, 1.807) is 12.1 Å². The van der Waals surface area contributed by atoms with E-state index in [1.807, 2.05) is 12.1 Å². The summed E-state index contributed by atoms with van der Waals surface area (Å²) in [7, 11) is 0. The Balaban J connectivity index is 2.66. The number of hydrogen-bond donors (Lipinski definition) is 1. The van der Waals surface area contributed by atoms with Crippen molar-refractivity contribution in [3.8, 4) is 0 Å². The summed E-state index contributed by atoms with van der Waals surface area (Å²) in [6, 6.07) is 7.25. The molecule has 0 fully saturated rings. The molecule has 1 aromatic rings. The van der Waals surface area contributed by atoms with E-state index >= 15 is 0 Å². The molecule has 0 bridgehead atoms. The van der Waals surface area contributed by atoms with E-state index < -0.39 is 0 Å². The molecule has 0 aliphatic carbocycles. The molecule has 0 heterocycles. The summed E-state index contributed by atoms with van der Waals surface area (Å²) < 4.78 is 0. The minimum Gasteiger partial charge on any atom is -0.398 e. The molecule has 2 nitrogen and oxygen atoms in total. The first-order chi connectivity index (χ1) is 6.90. The summed E-state index contributed by atoms with van der Waals surface area (Å²) in [5.41, 5.74) is 7.17. The molecule has 15 heavy (non-hydrogen) atoms. The van der Waals surface area contributed by atoms with Crippen LogP contribution in [0.5, 0.6) is 0 Å². The number of carbonyl (C=O) groups is 1. The van der Waals surface area contributed by atoms with Crippen LogP contribution in [0.3, 0.4) is 0 Å². The second kappa shape index (κ2) is 4.47. The summed E-state index contributed by atoms with van der Waals surface area (Å²) >= 11 is 0. The van der Waals surface area contributed by atoms with Crippen LogP contribution in [0.15, 0.2) is 24.3 Å². The number of anilines is 1. The molecular formula is C13H19NO. The predicted molar refractivity (Wildman–Crippen MR) is 63.9 cm³/mol. The summed E-state index contributed by atoms with van der Waals surface area (Å²) in [5, 5.41) is 0. The van der Waals surface area contributed by atoms with E-state index in [9.17, 15) is 4.79 Å². The maximum Gasteiger partial charge on any atom is 0.164 e. The van der Waals surface area contributed by atoms with Gasteiger partial charge in [-0.25, -0.2) is 0 Å². The number of ketones is 1. The SMILES string of the molecule is CC(C)(C)CCC(=O)c1ccccc1N. The van der Waals surface area contributed by atoms with Gasteiger partial charge < -0.3 is 5.73 Å². The van der Waals surface area contributed by atoms with E-state index in [0.29, 0.717) is 17.7 Å². The van der Waals surface area contributed by atoms with Gasteiger partial charge in [0, 0.05) is 17.7 Å².